The first-order valence-corrected chi connectivity index (χ1v) is 5.67. The van der Waals surface area contributed by atoms with Crippen molar-refractivity contribution in [3.8, 4) is 0 Å². The van der Waals surface area contributed by atoms with Crippen molar-refractivity contribution in [2.24, 2.45) is 0 Å². The lowest BCUT2D eigenvalue weighted by Crippen LogP contribution is -2.46. The van der Waals surface area contributed by atoms with Crippen LogP contribution in [0, 0.1) is 0 Å². The number of carbonyl (C=O) groups excluding carboxylic acids is 1. The second-order valence-corrected chi connectivity index (χ2v) is 4.32. The molecule has 3 rings (SSSR count). The third-order valence-electron chi connectivity index (χ3n) is 3.32. The fourth-order valence-electron chi connectivity index (χ4n) is 2.44. The molecule has 2 aliphatic heterocycles. The van der Waals surface area contributed by atoms with E-state index in [2.05, 4.69) is 15.3 Å². The van der Waals surface area contributed by atoms with Crippen LogP contribution >= 0.6 is 12.4 Å². The van der Waals surface area contributed by atoms with E-state index < -0.39 is 0 Å². The van der Waals surface area contributed by atoms with Crippen molar-refractivity contribution in [3.63, 3.8) is 0 Å². The summed E-state index contributed by atoms with van der Waals surface area (Å²) in [7, 11) is 0. The van der Waals surface area contributed by atoms with Gasteiger partial charge in [-0.3, -0.25) is 4.79 Å². The Morgan fingerprint density at radius 2 is 2.35 bits per heavy atom. The second kappa shape index (κ2) is 4.98. The van der Waals surface area contributed by atoms with Gasteiger partial charge in [0.05, 0.1) is 17.8 Å². The molecule has 1 atom stereocenters. The van der Waals surface area contributed by atoms with Crippen LogP contribution in [0.3, 0.4) is 0 Å². The highest BCUT2D eigenvalue weighted by atomic mass is 35.5. The Hall–Kier alpha value is -1.20. The molecular weight excluding hydrogens is 240 g/mol. The number of amides is 1. The third-order valence-corrected chi connectivity index (χ3v) is 3.32. The molecule has 3 heterocycles. The van der Waals surface area contributed by atoms with Gasteiger partial charge in [0.2, 0.25) is 0 Å². The number of nitrogens with zero attached hydrogens (tertiary/aromatic N) is 3. The van der Waals surface area contributed by atoms with Crippen molar-refractivity contribution >= 4 is 18.3 Å². The smallest absolute Gasteiger partial charge is 0.258 e. The predicted octanol–water partition coefficient (Wildman–Crippen LogP) is 0.606. The molecule has 0 radical (unpaired) electrons. The quantitative estimate of drug-likeness (QED) is 0.798. The molecule has 2 aliphatic rings. The molecule has 17 heavy (non-hydrogen) atoms. The molecule has 1 aromatic rings. The number of rotatable bonds is 1. The average molecular weight is 255 g/mol. The van der Waals surface area contributed by atoms with Crippen molar-refractivity contribution in [2.75, 3.05) is 13.1 Å². The van der Waals surface area contributed by atoms with E-state index in [-0.39, 0.29) is 18.3 Å². The summed E-state index contributed by atoms with van der Waals surface area (Å²) >= 11 is 0. The highest BCUT2D eigenvalue weighted by Gasteiger charge is 2.34. The van der Waals surface area contributed by atoms with Gasteiger partial charge in [-0.15, -0.1) is 12.4 Å². The molecule has 1 N–H and O–H groups in total. The Bertz CT molecular complexity index is 420. The van der Waals surface area contributed by atoms with Crippen molar-refractivity contribution in [2.45, 2.75) is 25.4 Å². The van der Waals surface area contributed by atoms with Crippen LogP contribution in [0.25, 0.3) is 0 Å². The number of piperidine rings is 1. The van der Waals surface area contributed by atoms with Gasteiger partial charge in [-0.05, 0) is 19.4 Å². The topological polar surface area (TPSA) is 58.1 Å². The van der Waals surface area contributed by atoms with Crippen LogP contribution < -0.4 is 5.32 Å². The van der Waals surface area contributed by atoms with Gasteiger partial charge in [0.25, 0.3) is 5.91 Å². The normalized spacial score (nSPS) is 23.2. The van der Waals surface area contributed by atoms with E-state index in [0.717, 1.165) is 31.6 Å². The van der Waals surface area contributed by atoms with Crippen LogP contribution in [0.4, 0.5) is 0 Å². The van der Waals surface area contributed by atoms with Gasteiger partial charge >= 0.3 is 0 Å². The summed E-state index contributed by atoms with van der Waals surface area (Å²) in [5, 5.41) is 3.33. The van der Waals surface area contributed by atoms with E-state index in [0.29, 0.717) is 18.2 Å². The Labute approximate surface area is 106 Å². The maximum Gasteiger partial charge on any atom is 0.258 e. The first-order chi connectivity index (χ1) is 7.86. The molecule has 1 saturated heterocycles. The minimum absolute atomic E-state index is 0. The summed E-state index contributed by atoms with van der Waals surface area (Å²) in [6, 6.07) is 0.315. The van der Waals surface area contributed by atoms with E-state index in [9.17, 15) is 4.79 Å². The molecule has 1 aromatic heterocycles. The van der Waals surface area contributed by atoms with Crippen LogP contribution in [0.15, 0.2) is 12.5 Å². The average Bonchev–Trinajstić information content (AvgIpc) is 2.69. The number of carbonyl (C=O) groups is 1. The van der Waals surface area contributed by atoms with E-state index in [4.69, 9.17) is 0 Å². The first-order valence-electron chi connectivity index (χ1n) is 5.67. The lowest BCUT2D eigenvalue weighted by atomic mass is 10.1. The summed E-state index contributed by atoms with van der Waals surface area (Å²) < 4.78 is 0. The zero-order valence-corrected chi connectivity index (χ0v) is 10.2. The van der Waals surface area contributed by atoms with Crippen LogP contribution in [0.5, 0.6) is 0 Å². The van der Waals surface area contributed by atoms with Gasteiger partial charge in [0, 0.05) is 18.8 Å². The van der Waals surface area contributed by atoms with Crippen LogP contribution in [-0.2, 0) is 6.54 Å². The molecule has 1 fully saturated rings. The molecule has 6 heteroatoms. The van der Waals surface area contributed by atoms with E-state index in [1.807, 2.05) is 4.90 Å². The Morgan fingerprint density at radius 1 is 1.47 bits per heavy atom. The van der Waals surface area contributed by atoms with Gasteiger partial charge in [0.15, 0.2) is 0 Å². The molecule has 0 aromatic carbocycles. The molecule has 0 spiro atoms. The fraction of sp³-hybridized carbons (Fsp3) is 0.545. The molecular formula is C11H15ClN4O. The maximum absolute atomic E-state index is 12.1. The minimum atomic E-state index is 0. The van der Waals surface area contributed by atoms with Crippen LogP contribution in [0.1, 0.15) is 28.9 Å². The van der Waals surface area contributed by atoms with Crippen LogP contribution in [-0.4, -0.2) is 39.9 Å². The lowest BCUT2D eigenvalue weighted by molar-refractivity contribution is 0.0673. The zero-order chi connectivity index (χ0) is 11.0. The van der Waals surface area contributed by atoms with E-state index in [1.54, 1.807) is 6.20 Å². The predicted molar refractivity (Wildman–Crippen MR) is 65.0 cm³/mol. The first kappa shape index (κ1) is 12.3. The van der Waals surface area contributed by atoms with Crippen molar-refractivity contribution < 1.29 is 4.79 Å². The van der Waals surface area contributed by atoms with Gasteiger partial charge in [0.1, 0.15) is 6.33 Å². The van der Waals surface area contributed by atoms with Crippen molar-refractivity contribution in [1.29, 1.82) is 0 Å². The number of hydrogen-bond donors (Lipinski definition) is 1. The standard InChI is InChI=1S/C11H14N4O.ClH/c16-11-9-5-13-7-14-10(9)6-15(11)8-2-1-3-12-4-8;/h5,7-8,12H,1-4,6H2;1H/t8-;/m0./s1. The third kappa shape index (κ3) is 2.12. The molecule has 0 saturated carbocycles. The summed E-state index contributed by atoms with van der Waals surface area (Å²) in [4.78, 5) is 22.1. The molecule has 0 unspecified atom stereocenters. The zero-order valence-electron chi connectivity index (χ0n) is 9.43. The number of hydrogen-bond acceptors (Lipinski definition) is 4. The molecule has 5 nitrogen and oxygen atoms in total. The maximum atomic E-state index is 12.1. The SMILES string of the molecule is Cl.O=C1c2cncnc2CN1[C@H]1CCCNC1. The van der Waals surface area contributed by atoms with E-state index >= 15 is 0 Å². The lowest BCUT2D eigenvalue weighted by Gasteiger charge is -2.31. The van der Waals surface area contributed by atoms with Gasteiger partial charge < -0.3 is 10.2 Å². The van der Waals surface area contributed by atoms with Crippen molar-refractivity contribution in [3.05, 3.63) is 23.8 Å². The number of halogens is 1. The van der Waals surface area contributed by atoms with E-state index in [1.165, 1.54) is 6.33 Å². The summed E-state index contributed by atoms with van der Waals surface area (Å²) in [6.45, 7) is 2.60. The van der Waals surface area contributed by atoms with Gasteiger partial charge in [-0.2, -0.15) is 0 Å². The molecule has 0 bridgehead atoms. The largest absolute Gasteiger partial charge is 0.328 e. The highest BCUT2D eigenvalue weighted by molar-refractivity contribution is 5.97. The molecule has 0 aliphatic carbocycles. The Balaban J connectivity index is 0.00000108. The monoisotopic (exact) mass is 254 g/mol. The van der Waals surface area contributed by atoms with Crippen LogP contribution in [0.2, 0.25) is 0 Å². The number of nitrogens with one attached hydrogen (secondary N) is 1. The van der Waals surface area contributed by atoms with Crippen molar-refractivity contribution in [1.82, 2.24) is 20.2 Å². The summed E-state index contributed by atoms with van der Waals surface area (Å²) in [5.41, 5.74) is 1.54. The van der Waals surface area contributed by atoms with Gasteiger partial charge in [-0.1, -0.05) is 0 Å². The highest BCUT2D eigenvalue weighted by Crippen LogP contribution is 2.24. The number of fused-ring (bicyclic) bond motifs is 1. The van der Waals surface area contributed by atoms with Gasteiger partial charge in [-0.25, -0.2) is 9.97 Å². The second-order valence-electron chi connectivity index (χ2n) is 4.32. The number of aromatic nitrogens is 2. The fourth-order valence-corrected chi connectivity index (χ4v) is 2.44. The Kier molecular flexibility index (Phi) is 3.59. The Morgan fingerprint density at radius 3 is 3.06 bits per heavy atom. The summed E-state index contributed by atoms with van der Waals surface area (Å²) in [6.07, 6.45) is 5.35. The molecule has 1 amide bonds. The molecule has 92 valence electrons. The minimum Gasteiger partial charge on any atom is -0.328 e. The summed E-state index contributed by atoms with van der Waals surface area (Å²) in [5.74, 6) is 0.0873.